The minimum atomic E-state index is -0.306. The summed E-state index contributed by atoms with van der Waals surface area (Å²) >= 11 is 0. The number of ether oxygens (including phenoxy) is 2. The van der Waals surface area contributed by atoms with Crippen LogP contribution in [0.15, 0.2) is 42.5 Å². The average Bonchev–Trinajstić information content (AvgIpc) is 3.05. The summed E-state index contributed by atoms with van der Waals surface area (Å²) in [5, 5.41) is 11.6. The maximum Gasteiger partial charge on any atom is 0.262 e. The maximum atomic E-state index is 12.5. The Labute approximate surface area is 186 Å². The van der Waals surface area contributed by atoms with Crippen LogP contribution in [0.3, 0.4) is 0 Å². The fraction of sp³-hybridized carbons (Fsp3) is 0.333. The third-order valence-electron chi connectivity index (χ3n) is 5.44. The summed E-state index contributed by atoms with van der Waals surface area (Å²) in [6.07, 6.45) is 4.39. The lowest BCUT2D eigenvalue weighted by atomic mass is 10.1. The van der Waals surface area contributed by atoms with E-state index < -0.39 is 0 Å². The highest BCUT2D eigenvalue weighted by molar-refractivity contribution is 5.95. The molecule has 1 aliphatic heterocycles. The van der Waals surface area contributed by atoms with Crippen LogP contribution in [0, 0.1) is 0 Å². The predicted molar refractivity (Wildman–Crippen MR) is 120 cm³/mol. The molecule has 1 amide bonds. The number of methoxy groups -OCH3 is 1. The molecule has 0 bridgehead atoms. The van der Waals surface area contributed by atoms with Gasteiger partial charge in [0, 0.05) is 29.8 Å². The molecule has 4 rings (SSSR count). The lowest BCUT2D eigenvalue weighted by molar-refractivity contribution is -0.118. The molecule has 166 valence electrons. The van der Waals surface area contributed by atoms with Crippen molar-refractivity contribution in [3.05, 3.63) is 53.9 Å². The van der Waals surface area contributed by atoms with Crippen molar-refractivity contribution < 1.29 is 19.1 Å². The molecule has 2 heterocycles. The molecule has 1 N–H and O–H groups in total. The zero-order valence-electron chi connectivity index (χ0n) is 18.3. The standard InChI is InChI=1S/C24H26N4O4/c1-16(29)17-10-11-20(21(14-17)31-2)32-15-23(30)25-19-8-6-7-18(13-19)24-27-26-22-9-4-3-5-12-28(22)24/h6-8,10-11,13-14H,3-5,9,12,15H2,1-2H3,(H,25,30). The third kappa shape index (κ3) is 4.80. The van der Waals surface area contributed by atoms with Crippen LogP contribution >= 0.6 is 0 Å². The number of aromatic nitrogens is 3. The Morgan fingerprint density at radius 3 is 2.75 bits per heavy atom. The second-order valence-electron chi connectivity index (χ2n) is 7.74. The van der Waals surface area contributed by atoms with Crippen LogP contribution in [-0.4, -0.2) is 40.2 Å². The first-order valence-electron chi connectivity index (χ1n) is 10.7. The van der Waals surface area contributed by atoms with Gasteiger partial charge in [0.15, 0.2) is 29.7 Å². The monoisotopic (exact) mass is 434 g/mol. The second kappa shape index (κ2) is 9.64. The van der Waals surface area contributed by atoms with Gasteiger partial charge in [-0.3, -0.25) is 9.59 Å². The van der Waals surface area contributed by atoms with Crippen molar-refractivity contribution in [1.29, 1.82) is 0 Å². The zero-order chi connectivity index (χ0) is 22.5. The number of hydrogen-bond donors (Lipinski definition) is 1. The number of fused-ring (bicyclic) bond motifs is 1. The molecule has 32 heavy (non-hydrogen) atoms. The Balaban J connectivity index is 1.43. The van der Waals surface area contributed by atoms with Crippen molar-refractivity contribution in [2.75, 3.05) is 19.0 Å². The van der Waals surface area contributed by atoms with Gasteiger partial charge in [-0.25, -0.2) is 0 Å². The van der Waals surface area contributed by atoms with Crippen molar-refractivity contribution in [1.82, 2.24) is 14.8 Å². The number of benzene rings is 2. The molecular formula is C24H26N4O4. The molecule has 0 saturated heterocycles. The number of hydrogen-bond acceptors (Lipinski definition) is 6. The van der Waals surface area contributed by atoms with Crippen LogP contribution in [0.1, 0.15) is 42.4 Å². The highest BCUT2D eigenvalue weighted by atomic mass is 16.5. The number of nitrogens with one attached hydrogen (secondary N) is 1. The lowest BCUT2D eigenvalue weighted by Crippen LogP contribution is -2.20. The van der Waals surface area contributed by atoms with Gasteiger partial charge in [0.2, 0.25) is 0 Å². The first kappa shape index (κ1) is 21.5. The Morgan fingerprint density at radius 1 is 1.06 bits per heavy atom. The molecule has 8 nitrogen and oxygen atoms in total. The normalized spacial score (nSPS) is 13.1. The number of aryl methyl sites for hydroxylation is 1. The van der Waals surface area contributed by atoms with Gasteiger partial charge in [0.05, 0.1) is 7.11 Å². The molecule has 0 spiro atoms. The van der Waals surface area contributed by atoms with Crippen LogP contribution in [0.4, 0.5) is 5.69 Å². The van der Waals surface area contributed by atoms with Gasteiger partial charge in [0.25, 0.3) is 5.91 Å². The Hall–Kier alpha value is -3.68. The van der Waals surface area contributed by atoms with Crippen LogP contribution in [0.5, 0.6) is 11.5 Å². The number of amides is 1. The number of ketones is 1. The summed E-state index contributed by atoms with van der Waals surface area (Å²) < 4.78 is 13.1. The second-order valence-corrected chi connectivity index (χ2v) is 7.74. The van der Waals surface area contributed by atoms with Gasteiger partial charge < -0.3 is 19.4 Å². The number of rotatable bonds is 7. The van der Waals surface area contributed by atoms with E-state index in [4.69, 9.17) is 9.47 Å². The number of carbonyl (C=O) groups excluding carboxylic acids is 2. The van der Waals surface area contributed by atoms with Gasteiger partial charge >= 0.3 is 0 Å². The molecule has 0 radical (unpaired) electrons. The number of anilines is 1. The molecule has 1 aromatic heterocycles. The first-order valence-corrected chi connectivity index (χ1v) is 10.7. The summed E-state index contributed by atoms with van der Waals surface area (Å²) in [4.78, 5) is 24.0. The zero-order valence-corrected chi connectivity index (χ0v) is 18.3. The van der Waals surface area contributed by atoms with E-state index in [2.05, 4.69) is 20.1 Å². The first-order chi connectivity index (χ1) is 15.5. The third-order valence-corrected chi connectivity index (χ3v) is 5.44. The van der Waals surface area contributed by atoms with Crippen LogP contribution < -0.4 is 14.8 Å². The van der Waals surface area contributed by atoms with Crippen molar-refractivity contribution in [3.63, 3.8) is 0 Å². The van der Waals surface area contributed by atoms with Gasteiger partial charge in [-0.15, -0.1) is 10.2 Å². The van der Waals surface area contributed by atoms with Gasteiger partial charge in [-0.1, -0.05) is 18.6 Å². The SMILES string of the molecule is COc1cc(C(C)=O)ccc1OCC(=O)Nc1cccc(-c2nnc3n2CCCCC3)c1. The summed E-state index contributed by atoms with van der Waals surface area (Å²) in [7, 11) is 1.49. The molecule has 8 heteroatoms. The summed E-state index contributed by atoms with van der Waals surface area (Å²) in [5.74, 6) is 2.26. The molecule has 0 atom stereocenters. The number of nitrogens with zero attached hydrogens (tertiary/aromatic N) is 3. The molecule has 0 aliphatic carbocycles. The van der Waals surface area contributed by atoms with E-state index in [-0.39, 0.29) is 18.3 Å². The quantitative estimate of drug-likeness (QED) is 0.567. The van der Waals surface area contributed by atoms with Gasteiger partial charge in [0.1, 0.15) is 5.82 Å². The van der Waals surface area contributed by atoms with E-state index in [9.17, 15) is 9.59 Å². The van der Waals surface area contributed by atoms with Crippen molar-refractivity contribution in [2.24, 2.45) is 0 Å². The van der Waals surface area contributed by atoms with Crippen molar-refractivity contribution in [3.8, 4) is 22.9 Å². The maximum absolute atomic E-state index is 12.5. The van der Waals surface area contributed by atoms with Gasteiger partial charge in [-0.2, -0.15) is 0 Å². The molecular weight excluding hydrogens is 408 g/mol. The summed E-state index contributed by atoms with van der Waals surface area (Å²) in [6.45, 7) is 2.19. The molecule has 0 fully saturated rings. The fourth-order valence-electron chi connectivity index (χ4n) is 3.78. The summed E-state index contributed by atoms with van der Waals surface area (Å²) in [5.41, 5.74) is 2.08. The molecule has 2 aromatic carbocycles. The molecule has 3 aromatic rings. The minimum absolute atomic E-state index is 0.0722. The highest BCUT2D eigenvalue weighted by Gasteiger charge is 2.17. The fourth-order valence-corrected chi connectivity index (χ4v) is 3.78. The predicted octanol–water partition coefficient (Wildman–Crippen LogP) is 3.90. The van der Waals surface area contributed by atoms with E-state index >= 15 is 0 Å². The van der Waals surface area contributed by atoms with Crippen LogP contribution in [-0.2, 0) is 17.8 Å². The van der Waals surface area contributed by atoms with E-state index in [0.29, 0.717) is 22.7 Å². The van der Waals surface area contributed by atoms with E-state index in [0.717, 1.165) is 43.0 Å². The molecule has 0 saturated carbocycles. The van der Waals surface area contributed by atoms with E-state index in [1.807, 2.05) is 24.3 Å². The summed E-state index contributed by atoms with van der Waals surface area (Å²) in [6, 6.07) is 12.4. The van der Waals surface area contributed by atoms with Gasteiger partial charge in [-0.05, 0) is 50.1 Å². The van der Waals surface area contributed by atoms with Crippen LogP contribution in [0.25, 0.3) is 11.4 Å². The van der Waals surface area contributed by atoms with E-state index in [1.165, 1.54) is 20.5 Å². The number of Topliss-reactive ketones (excluding diaryl/α,β-unsaturated/α-hetero) is 1. The average molecular weight is 434 g/mol. The lowest BCUT2D eigenvalue weighted by Gasteiger charge is -2.12. The van der Waals surface area contributed by atoms with Crippen LogP contribution in [0.2, 0.25) is 0 Å². The topological polar surface area (TPSA) is 95.3 Å². The van der Waals surface area contributed by atoms with E-state index in [1.54, 1.807) is 18.2 Å². The Kier molecular flexibility index (Phi) is 6.49. The van der Waals surface area contributed by atoms with Crippen molar-refractivity contribution in [2.45, 2.75) is 39.2 Å². The number of carbonyl (C=O) groups is 2. The molecule has 1 aliphatic rings. The minimum Gasteiger partial charge on any atom is -0.493 e. The Bertz CT molecular complexity index is 1140. The Morgan fingerprint density at radius 2 is 1.94 bits per heavy atom. The smallest absolute Gasteiger partial charge is 0.262 e. The largest absolute Gasteiger partial charge is 0.493 e. The van der Waals surface area contributed by atoms with Crippen molar-refractivity contribution >= 4 is 17.4 Å². The highest BCUT2D eigenvalue weighted by Crippen LogP contribution is 2.28. The molecule has 0 unspecified atom stereocenters.